The third-order valence-corrected chi connectivity index (χ3v) is 32.1. The number of halogens is 2. The minimum absolute atomic E-state index is 0. The molecule has 0 bridgehead atoms. The molecule has 0 saturated carbocycles. The number of aryl methyl sites for hydroxylation is 2. The van der Waals surface area contributed by atoms with Crippen LogP contribution in [0.5, 0.6) is 0 Å². The zero-order valence-electron chi connectivity index (χ0n) is 36.0. The van der Waals surface area contributed by atoms with E-state index >= 15 is 0 Å². The summed E-state index contributed by atoms with van der Waals surface area (Å²) in [5.74, 6) is 3.80. The molecule has 2 aliphatic carbocycles. The van der Waals surface area contributed by atoms with E-state index in [9.17, 15) is 0 Å². The molecule has 2 aliphatic rings. The Morgan fingerprint density at radius 2 is 0.742 bits per heavy atom. The van der Waals surface area contributed by atoms with Gasteiger partial charge in [0.25, 0.3) is 0 Å². The van der Waals surface area contributed by atoms with Crippen LogP contribution in [0, 0.1) is 27.7 Å². The molecule has 6 heteroatoms. The monoisotopic (exact) mass is 942 g/mol. The van der Waals surface area contributed by atoms with Crippen molar-refractivity contribution in [2.24, 2.45) is 0 Å². The molecule has 0 spiro atoms. The molecule has 0 fully saturated rings. The number of fused-ring (bicyclic) bond motifs is 2. The van der Waals surface area contributed by atoms with Gasteiger partial charge in [-0.3, -0.25) is 0 Å². The second-order valence-corrected chi connectivity index (χ2v) is 34.6. The van der Waals surface area contributed by atoms with Gasteiger partial charge in [-0.25, -0.2) is 0 Å². The van der Waals surface area contributed by atoms with Gasteiger partial charge in [-0.2, -0.15) is 0 Å². The molecule has 0 radical (unpaired) electrons. The van der Waals surface area contributed by atoms with E-state index in [4.69, 9.17) is 8.83 Å². The Morgan fingerprint density at radius 1 is 0.419 bits per heavy atom. The van der Waals surface area contributed by atoms with E-state index < -0.39 is 25.8 Å². The van der Waals surface area contributed by atoms with E-state index in [2.05, 4.69) is 211 Å². The summed E-state index contributed by atoms with van der Waals surface area (Å²) in [6.45, 7) is 14.5. The van der Waals surface area contributed by atoms with Crippen molar-refractivity contribution in [3.63, 3.8) is 0 Å². The fourth-order valence-corrected chi connectivity index (χ4v) is 29.6. The van der Waals surface area contributed by atoms with Crippen molar-refractivity contribution in [1.82, 2.24) is 0 Å². The van der Waals surface area contributed by atoms with Crippen LogP contribution in [0.2, 0.25) is 13.1 Å². The molecule has 0 saturated heterocycles. The van der Waals surface area contributed by atoms with Gasteiger partial charge in [0.1, 0.15) is 0 Å². The van der Waals surface area contributed by atoms with E-state index in [0.29, 0.717) is 0 Å². The van der Waals surface area contributed by atoms with Crippen LogP contribution in [0.15, 0.2) is 167 Å². The second-order valence-electron chi connectivity index (χ2n) is 16.7. The Morgan fingerprint density at radius 3 is 1.08 bits per heavy atom. The summed E-state index contributed by atoms with van der Waals surface area (Å²) in [5, 5.41) is 0. The van der Waals surface area contributed by atoms with Crippen LogP contribution in [-0.2, 0) is 20.4 Å². The van der Waals surface area contributed by atoms with E-state index in [1.165, 1.54) is 77.9 Å². The Hall–Kier alpha value is -4.96. The van der Waals surface area contributed by atoms with Gasteiger partial charge in [-0.15, -0.1) is 24.8 Å². The van der Waals surface area contributed by atoms with Crippen molar-refractivity contribution < 1.29 is 29.2 Å². The summed E-state index contributed by atoms with van der Waals surface area (Å²) in [7, 11) is 0. The maximum atomic E-state index is 7.00. The molecule has 10 rings (SSSR count). The Bertz CT molecular complexity index is 2830. The van der Waals surface area contributed by atoms with Gasteiger partial charge in [0.2, 0.25) is 0 Å². The molecule has 0 N–H and O–H groups in total. The Labute approximate surface area is 386 Å². The average Bonchev–Trinajstić information content (AvgIpc) is 4.10. The predicted octanol–water partition coefficient (Wildman–Crippen LogP) is 16.4. The van der Waals surface area contributed by atoms with E-state index in [-0.39, 0.29) is 32.1 Å². The van der Waals surface area contributed by atoms with Crippen LogP contribution in [0.3, 0.4) is 0 Å². The van der Waals surface area contributed by atoms with Crippen molar-refractivity contribution in [2.75, 3.05) is 0 Å². The largest absolute Gasteiger partial charge is 0.147 e. The quantitative estimate of drug-likeness (QED) is 0.142. The van der Waals surface area contributed by atoms with Gasteiger partial charge in [-0.1, -0.05) is 0 Å². The van der Waals surface area contributed by atoms with Crippen LogP contribution in [-0.4, -0.2) is 5.43 Å². The standard InChI is InChI=1S/2C27H21O.C2H6Si.2ClH.Zr/c2*1-18-15-22-16-23(26-14-13-25(28-26)20-9-5-3-6-10-20)17-24(22)27(19(18)2)21-11-7-4-8-12-21;1-3-2;;;/h2*3-17H,1-2H3;1-2H3;2*1H;. The van der Waals surface area contributed by atoms with Crippen LogP contribution >= 0.6 is 24.8 Å². The van der Waals surface area contributed by atoms with Gasteiger partial charge < -0.3 is 0 Å². The maximum Gasteiger partial charge on any atom is -0.147 e. The summed E-state index contributed by atoms with van der Waals surface area (Å²) in [5.41, 5.74) is 20.4. The van der Waals surface area contributed by atoms with Crippen LogP contribution < -0.4 is 0 Å². The summed E-state index contributed by atoms with van der Waals surface area (Å²) < 4.78 is 14.5. The summed E-state index contributed by atoms with van der Waals surface area (Å²) >= 11 is -2.83. The molecule has 6 aromatic carbocycles. The van der Waals surface area contributed by atoms with Gasteiger partial charge in [0.15, 0.2) is 0 Å². The fraction of sp³-hybridized carbons (Fsp3) is 0.143. The Balaban J connectivity index is 0.00000264. The zero-order chi connectivity index (χ0) is 41.1. The third kappa shape index (κ3) is 7.64. The van der Waals surface area contributed by atoms with Crippen molar-refractivity contribution in [3.05, 3.63) is 214 Å². The molecule has 2 aromatic heterocycles. The van der Waals surface area contributed by atoms with Crippen LogP contribution in [0.25, 0.3) is 68.2 Å². The van der Waals surface area contributed by atoms with Crippen molar-refractivity contribution in [1.29, 1.82) is 0 Å². The molecule has 0 amide bonds. The van der Waals surface area contributed by atoms with E-state index in [1.54, 1.807) is 0 Å². The summed E-state index contributed by atoms with van der Waals surface area (Å²) in [6.07, 6.45) is 5.06. The number of hydrogen-bond donors (Lipinski definition) is 0. The topological polar surface area (TPSA) is 26.3 Å². The van der Waals surface area contributed by atoms with Crippen LogP contribution in [0.1, 0.15) is 63.3 Å². The number of allylic oxidation sites excluding steroid dienone is 2. The molecular weight excluding hydrogens is 895 g/mol. The number of benzene rings is 6. The van der Waals surface area contributed by atoms with Crippen molar-refractivity contribution in [2.45, 2.75) is 48.0 Å². The van der Waals surface area contributed by atoms with Crippen molar-refractivity contribution >= 4 is 53.5 Å². The molecule has 2 unspecified atom stereocenters. The number of furan rings is 2. The maximum absolute atomic E-state index is 7.00. The predicted molar refractivity (Wildman–Crippen MR) is 264 cm³/mol. The molecule has 2 atom stereocenters. The fourth-order valence-electron chi connectivity index (χ4n) is 9.82. The summed E-state index contributed by atoms with van der Waals surface area (Å²) in [6, 6.07) is 57.1. The first kappa shape index (κ1) is 43.7. The molecule has 62 heavy (non-hydrogen) atoms. The molecule has 2 heterocycles. The molecular formula is C56H50Cl2O2SiZr. The smallest absolute Gasteiger partial charge is 0.147 e. The minimum Gasteiger partial charge on any atom is -0.147 e. The molecule has 2 nitrogen and oxygen atoms in total. The first-order valence-electron chi connectivity index (χ1n) is 21.1. The van der Waals surface area contributed by atoms with E-state index in [1.807, 2.05) is 0 Å². The van der Waals surface area contributed by atoms with Gasteiger partial charge in [0.05, 0.1) is 0 Å². The second kappa shape index (κ2) is 18.0. The first-order chi connectivity index (χ1) is 29.3. The molecule has 8 aromatic rings. The zero-order valence-corrected chi connectivity index (χ0v) is 41.0. The normalized spacial score (nSPS) is 14.9. The number of hydrogen-bond acceptors (Lipinski definition) is 2. The first-order valence-corrected chi connectivity index (χ1v) is 30.1. The third-order valence-electron chi connectivity index (χ3n) is 12.9. The van der Waals surface area contributed by atoms with Gasteiger partial charge in [-0.05, 0) is 0 Å². The number of rotatable bonds is 8. The molecule has 308 valence electrons. The van der Waals surface area contributed by atoms with Gasteiger partial charge >= 0.3 is 365 Å². The van der Waals surface area contributed by atoms with Gasteiger partial charge in [0, 0.05) is 0 Å². The minimum atomic E-state index is -2.83. The van der Waals surface area contributed by atoms with Crippen molar-refractivity contribution in [3.8, 4) is 44.9 Å². The average molecular weight is 945 g/mol. The Kier molecular flexibility index (Phi) is 12.7. The van der Waals surface area contributed by atoms with E-state index in [0.717, 1.165) is 34.2 Å². The SMILES string of the molecule is Cc1cc2c(c(-c3ccccc3)c1C)C=C(c1ccc(-c3ccccc3)o1)[CH]2[Zr]([CH]1C(c2ccc(-c3ccccc3)o2)=Cc2c1cc(C)c(C)c2-c1ccccc1)=[Si](C)C.Cl.Cl. The van der Waals surface area contributed by atoms with Crippen LogP contribution in [0.4, 0.5) is 0 Å². The molecule has 0 aliphatic heterocycles. The summed E-state index contributed by atoms with van der Waals surface area (Å²) in [4.78, 5) is 0.